The highest BCUT2D eigenvalue weighted by atomic mass is 35.5. The van der Waals surface area contributed by atoms with Gasteiger partial charge in [0.1, 0.15) is 5.82 Å². The molecule has 0 aliphatic heterocycles. The lowest BCUT2D eigenvalue weighted by molar-refractivity contribution is 0.698. The van der Waals surface area contributed by atoms with Gasteiger partial charge in [0.15, 0.2) is 0 Å². The summed E-state index contributed by atoms with van der Waals surface area (Å²) in [6.07, 6.45) is 1.82. The van der Waals surface area contributed by atoms with E-state index in [1.54, 1.807) is 0 Å². The van der Waals surface area contributed by atoms with Crippen LogP contribution < -0.4 is 5.73 Å². The van der Waals surface area contributed by atoms with Crippen LogP contribution in [0.5, 0.6) is 0 Å². The Bertz CT molecular complexity index is 572. The van der Waals surface area contributed by atoms with Crippen molar-refractivity contribution in [2.75, 3.05) is 6.54 Å². The molecule has 0 bridgehead atoms. The van der Waals surface area contributed by atoms with Crippen LogP contribution in [0, 0.1) is 0 Å². The number of rotatable bonds is 5. The van der Waals surface area contributed by atoms with E-state index in [0.717, 1.165) is 41.8 Å². The van der Waals surface area contributed by atoms with Crippen molar-refractivity contribution in [2.24, 2.45) is 5.73 Å². The molecule has 2 aromatic rings. The van der Waals surface area contributed by atoms with Gasteiger partial charge in [-0.15, -0.1) is 0 Å². The van der Waals surface area contributed by atoms with Crippen molar-refractivity contribution in [3.05, 3.63) is 41.2 Å². The van der Waals surface area contributed by atoms with Gasteiger partial charge in [0.2, 0.25) is 0 Å². The number of hydrogen-bond acceptors (Lipinski definition) is 2. The molecule has 0 spiro atoms. The van der Waals surface area contributed by atoms with Crippen LogP contribution in [0.2, 0.25) is 5.02 Å². The second-order valence-electron chi connectivity index (χ2n) is 4.60. The fourth-order valence-corrected chi connectivity index (χ4v) is 2.22. The molecule has 0 saturated heterocycles. The first-order chi connectivity index (χ1) is 8.61. The minimum absolute atomic E-state index is 0.678. The molecule has 1 heterocycles. The molecule has 2 N–H and O–H groups in total. The Morgan fingerprint density at radius 3 is 2.94 bits per heavy atom. The quantitative estimate of drug-likeness (QED) is 0.842. The lowest BCUT2D eigenvalue weighted by Gasteiger charge is -2.08. The van der Waals surface area contributed by atoms with Crippen molar-refractivity contribution < 1.29 is 0 Å². The van der Waals surface area contributed by atoms with Crippen molar-refractivity contribution in [1.29, 1.82) is 0 Å². The summed E-state index contributed by atoms with van der Waals surface area (Å²) in [7, 11) is 0. The number of allylic oxidation sites excluding steroid dienone is 1. The molecule has 0 aliphatic carbocycles. The molecule has 1 aromatic heterocycles. The Kier molecular flexibility index (Phi) is 4.04. The number of aromatic nitrogens is 2. The highest BCUT2D eigenvalue weighted by molar-refractivity contribution is 6.31. The molecule has 2 rings (SSSR count). The molecule has 0 atom stereocenters. The van der Waals surface area contributed by atoms with Gasteiger partial charge < -0.3 is 10.3 Å². The fourth-order valence-electron chi connectivity index (χ4n) is 2.05. The summed E-state index contributed by atoms with van der Waals surface area (Å²) in [6.45, 7) is 7.47. The van der Waals surface area contributed by atoms with Crippen molar-refractivity contribution in [2.45, 2.75) is 26.3 Å². The van der Waals surface area contributed by atoms with Crippen LogP contribution >= 0.6 is 11.6 Å². The summed E-state index contributed by atoms with van der Waals surface area (Å²) >= 11 is 6.00. The van der Waals surface area contributed by atoms with Gasteiger partial charge in [-0.1, -0.05) is 23.8 Å². The van der Waals surface area contributed by atoms with E-state index < -0.39 is 0 Å². The predicted octanol–water partition coefficient (Wildman–Crippen LogP) is 3.16. The minimum Gasteiger partial charge on any atom is -0.330 e. The number of nitrogens with two attached hydrogens (primary N) is 1. The third-order valence-corrected chi connectivity index (χ3v) is 3.06. The first-order valence-electron chi connectivity index (χ1n) is 6.11. The highest BCUT2D eigenvalue weighted by Gasteiger charge is 2.10. The molecule has 1 aromatic carbocycles. The van der Waals surface area contributed by atoms with Gasteiger partial charge in [-0.2, -0.15) is 0 Å². The van der Waals surface area contributed by atoms with E-state index in [9.17, 15) is 0 Å². The zero-order chi connectivity index (χ0) is 13.1. The van der Waals surface area contributed by atoms with Crippen LogP contribution in [-0.2, 0) is 13.0 Å². The molecular formula is C14H18ClN3. The highest BCUT2D eigenvalue weighted by Crippen LogP contribution is 2.22. The van der Waals surface area contributed by atoms with Gasteiger partial charge in [0, 0.05) is 18.0 Å². The largest absolute Gasteiger partial charge is 0.330 e. The molecule has 96 valence electrons. The molecular weight excluding hydrogens is 246 g/mol. The van der Waals surface area contributed by atoms with Crippen molar-refractivity contribution in [3.63, 3.8) is 0 Å². The van der Waals surface area contributed by atoms with Crippen LogP contribution in [0.15, 0.2) is 30.4 Å². The van der Waals surface area contributed by atoms with Crippen LogP contribution in [-0.4, -0.2) is 16.1 Å². The molecule has 0 unspecified atom stereocenters. The average molecular weight is 264 g/mol. The third-order valence-electron chi connectivity index (χ3n) is 2.82. The average Bonchev–Trinajstić information content (AvgIpc) is 2.63. The Hall–Kier alpha value is -1.32. The minimum atomic E-state index is 0.678. The Morgan fingerprint density at radius 2 is 2.28 bits per heavy atom. The molecule has 18 heavy (non-hydrogen) atoms. The maximum absolute atomic E-state index is 6.00. The van der Waals surface area contributed by atoms with Crippen molar-refractivity contribution in [1.82, 2.24) is 9.55 Å². The summed E-state index contributed by atoms with van der Waals surface area (Å²) in [6, 6.07) is 5.81. The van der Waals surface area contributed by atoms with E-state index in [-0.39, 0.29) is 0 Å². The fraction of sp³-hybridized carbons (Fsp3) is 0.357. The molecule has 3 nitrogen and oxygen atoms in total. The van der Waals surface area contributed by atoms with Crippen LogP contribution in [0.3, 0.4) is 0 Å². The van der Waals surface area contributed by atoms with Gasteiger partial charge in [-0.3, -0.25) is 0 Å². The SMILES string of the molecule is C=C(C)Cn1c(CCCN)nc2cc(Cl)ccc21. The number of hydrogen-bond donors (Lipinski definition) is 1. The summed E-state index contributed by atoms with van der Waals surface area (Å²) in [5.41, 5.74) is 8.73. The van der Waals surface area contributed by atoms with Crippen LogP contribution in [0.25, 0.3) is 11.0 Å². The third kappa shape index (κ3) is 2.74. The summed E-state index contributed by atoms with van der Waals surface area (Å²) in [4.78, 5) is 4.65. The van der Waals surface area contributed by atoms with E-state index in [4.69, 9.17) is 17.3 Å². The normalized spacial score (nSPS) is 11.1. The number of nitrogens with zero attached hydrogens (tertiary/aromatic N) is 2. The second-order valence-corrected chi connectivity index (χ2v) is 5.03. The first-order valence-corrected chi connectivity index (χ1v) is 6.48. The second kappa shape index (κ2) is 5.55. The van der Waals surface area contributed by atoms with Crippen molar-refractivity contribution >= 4 is 22.6 Å². The molecule has 0 fully saturated rings. The molecule has 0 saturated carbocycles. The number of imidazole rings is 1. The van der Waals surface area contributed by atoms with Crippen molar-refractivity contribution in [3.8, 4) is 0 Å². The summed E-state index contributed by atoms with van der Waals surface area (Å²) in [5, 5.41) is 0.716. The Morgan fingerprint density at radius 1 is 1.50 bits per heavy atom. The van der Waals surface area contributed by atoms with Gasteiger partial charge in [-0.05, 0) is 38.1 Å². The molecule has 0 radical (unpaired) electrons. The van der Waals surface area contributed by atoms with E-state index in [1.807, 2.05) is 25.1 Å². The first kappa shape index (κ1) is 13.1. The number of fused-ring (bicyclic) bond motifs is 1. The smallest absolute Gasteiger partial charge is 0.110 e. The maximum Gasteiger partial charge on any atom is 0.110 e. The van der Waals surface area contributed by atoms with Crippen LogP contribution in [0.1, 0.15) is 19.2 Å². The molecule has 0 amide bonds. The summed E-state index contributed by atoms with van der Waals surface area (Å²) < 4.78 is 2.20. The van der Waals surface area contributed by atoms with Crippen LogP contribution in [0.4, 0.5) is 0 Å². The standard InChI is InChI=1S/C14H18ClN3/c1-10(2)9-18-13-6-5-11(15)8-12(13)17-14(18)4-3-7-16/h5-6,8H,1,3-4,7,9,16H2,2H3. The van der Waals surface area contributed by atoms with E-state index in [1.165, 1.54) is 0 Å². The Labute approximate surface area is 112 Å². The van der Waals surface area contributed by atoms with E-state index in [2.05, 4.69) is 16.1 Å². The molecule has 4 heteroatoms. The maximum atomic E-state index is 6.00. The van der Waals surface area contributed by atoms with Gasteiger partial charge >= 0.3 is 0 Å². The Balaban J connectivity index is 2.49. The van der Waals surface area contributed by atoms with E-state index >= 15 is 0 Å². The number of halogens is 1. The van der Waals surface area contributed by atoms with Gasteiger partial charge in [-0.25, -0.2) is 4.98 Å². The topological polar surface area (TPSA) is 43.8 Å². The number of benzene rings is 1. The summed E-state index contributed by atoms with van der Waals surface area (Å²) in [5.74, 6) is 1.06. The van der Waals surface area contributed by atoms with Gasteiger partial charge in [0.25, 0.3) is 0 Å². The zero-order valence-corrected chi connectivity index (χ0v) is 11.4. The van der Waals surface area contributed by atoms with E-state index in [0.29, 0.717) is 11.6 Å². The van der Waals surface area contributed by atoms with Gasteiger partial charge in [0.05, 0.1) is 11.0 Å². The lowest BCUT2D eigenvalue weighted by Crippen LogP contribution is -2.07. The zero-order valence-electron chi connectivity index (χ0n) is 10.6. The number of aryl methyl sites for hydroxylation is 1. The predicted molar refractivity (Wildman–Crippen MR) is 76.9 cm³/mol. The lowest BCUT2D eigenvalue weighted by atomic mass is 10.2. The molecule has 0 aliphatic rings. The monoisotopic (exact) mass is 263 g/mol.